The van der Waals surface area contributed by atoms with E-state index in [0.29, 0.717) is 4.57 Å². The van der Waals surface area contributed by atoms with Gasteiger partial charge in [0.05, 0.1) is 6.16 Å². The van der Waals surface area contributed by atoms with Gasteiger partial charge in [0.2, 0.25) is 6.23 Å². The molecule has 12 heteroatoms. The Morgan fingerprint density at radius 2 is 2.08 bits per heavy atom. The van der Waals surface area contributed by atoms with Crippen LogP contribution in [0.15, 0.2) is 11.0 Å². The molecule has 1 saturated heterocycles. The minimum Gasteiger partial charge on any atom is -0.384 e. The number of anilines is 1. The highest BCUT2D eigenvalue weighted by Crippen LogP contribution is 2.52. The summed E-state index contributed by atoms with van der Waals surface area (Å²) in [5, 5.41) is 9.85. The Balaban J connectivity index is 2.38. The monoisotopic (exact) mass is 369 g/mol. The lowest BCUT2D eigenvalue weighted by atomic mass is 10.1. The van der Waals surface area contributed by atoms with Crippen LogP contribution in [-0.4, -0.2) is 53.2 Å². The van der Waals surface area contributed by atoms with Crippen LogP contribution in [-0.2, 0) is 18.3 Å². The number of nitrogens with zero attached hydrogens (tertiary/aromatic N) is 2. The van der Waals surface area contributed by atoms with Gasteiger partial charge in [-0.05, 0) is 6.92 Å². The topological polar surface area (TPSA) is 126 Å². The van der Waals surface area contributed by atoms with Crippen molar-refractivity contribution in [2.24, 2.45) is 0 Å². The van der Waals surface area contributed by atoms with Crippen LogP contribution in [0.2, 0.25) is 0 Å². The number of aliphatic hydroxyl groups is 1. The molecule has 2 heterocycles. The summed E-state index contributed by atoms with van der Waals surface area (Å²) < 4.78 is 55.8. The first-order valence-corrected chi connectivity index (χ1v) is 8.55. The average molecular weight is 369 g/mol. The highest BCUT2D eigenvalue weighted by Gasteiger charge is 2.60. The summed E-state index contributed by atoms with van der Waals surface area (Å²) >= 11 is 0. The Morgan fingerprint density at radius 3 is 2.62 bits per heavy atom. The maximum Gasteiger partial charge on any atom is 0.351 e. The number of nitrogens with two attached hydrogens (primary N) is 1. The van der Waals surface area contributed by atoms with E-state index in [1.165, 1.54) is 6.92 Å². The largest absolute Gasteiger partial charge is 0.384 e. The van der Waals surface area contributed by atoms with E-state index in [1.807, 2.05) is 0 Å². The summed E-state index contributed by atoms with van der Waals surface area (Å²) in [6, 6.07) is 0. The number of aryl methyl sites for hydroxylation is 1. The summed E-state index contributed by atoms with van der Waals surface area (Å²) in [6.45, 7) is 1.48. The number of nitrogen functional groups attached to an aromatic ring is 1. The van der Waals surface area contributed by atoms with Crippen LogP contribution in [0.5, 0.6) is 0 Å². The van der Waals surface area contributed by atoms with Crippen LogP contribution in [0, 0.1) is 6.92 Å². The van der Waals surface area contributed by atoms with Crippen LogP contribution < -0.4 is 11.4 Å². The van der Waals surface area contributed by atoms with Gasteiger partial charge in [0.25, 0.3) is 0 Å². The van der Waals surface area contributed by atoms with Gasteiger partial charge in [0.1, 0.15) is 18.0 Å². The molecule has 1 aliphatic heterocycles. The van der Waals surface area contributed by atoms with Crippen molar-refractivity contribution in [3.63, 3.8) is 0 Å². The molecule has 1 aliphatic rings. The zero-order chi connectivity index (χ0) is 18.3. The number of aliphatic hydroxyl groups excluding tert-OH is 1. The molecule has 0 aromatic carbocycles. The lowest BCUT2D eigenvalue weighted by Gasteiger charge is -2.21. The lowest BCUT2D eigenvalue weighted by molar-refractivity contribution is -0.140. The van der Waals surface area contributed by atoms with E-state index in [9.17, 15) is 23.2 Å². The van der Waals surface area contributed by atoms with Crippen molar-refractivity contribution in [1.29, 1.82) is 0 Å². The number of ether oxygens (including phenoxy) is 1. The molecule has 9 nitrogen and oxygen atoms in total. The first-order valence-electron chi connectivity index (χ1n) is 6.83. The number of hydrogen-bond acceptors (Lipinski definition) is 8. The van der Waals surface area contributed by atoms with Crippen molar-refractivity contribution in [2.75, 3.05) is 26.1 Å². The van der Waals surface area contributed by atoms with Gasteiger partial charge in [0, 0.05) is 26.0 Å². The maximum atomic E-state index is 14.4. The molecule has 0 radical (unpaired) electrons. The second-order valence-electron chi connectivity index (χ2n) is 5.30. The molecule has 0 bridgehead atoms. The second-order valence-corrected chi connectivity index (χ2v) is 7.62. The lowest BCUT2D eigenvalue weighted by Crippen LogP contribution is -2.42. The SMILES string of the molecule is COP(=O)(C[C@H]1O[C@@H](n2cc(C)c(N)nc2=O)C(F)(F)[C@@H]1O)OC. The third-order valence-electron chi connectivity index (χ3n) is 3.77. The molecule has 1 aromatic rings. The van der Waals surface area contributed by atoms with Crippen molar-refractivity contribution < 1.29 is 32.2 Å². The van der Waals surface area contributed by atoms with Gasteiger partial charge >= 0.3 is 19.2 Å². The van der Waals surface area contributed by atoms with Gasteiger partial charge in [-0.15, -0.1) is 0 Å². The highest BCUT2D eigenvalue weighted by atomic mass is 31.2. The van der Waals surface area contributed by atoms with Gasteiger partial charge < -0.3 is 24.6 Å². The van der Waals surface area contributed by atoms with Gasteiger partial charge in [-0.25, -0.2) is 4.79 Å². The Hall–Kier alpha value is -1.39. The molecule has 3 atom stereocenters. The minimum absolute atomic E-state index is 0.0991. The van der Waals surface area contributed by atoms with Crippen molar-refractivity contribution in [2.45, 2.75) is 31.3 Å². The molecule has 0 amide bonds. The van der Waals surface area contributed by atoms with E-state index in [4.69, 9.17) is 10.5 Å². The second kappa shape index (κ2) is 6.49. The van der Waals surface area contributed by atoms with E-state index in [0.717, 1.165) is 20.4 Å². The molecule has 0 aliphatic carbocycles. The highest BCUT2D eigenvalue weighted by molar-refractivity contribution is 7.53. The number of rotatable bonds is 5. The third kappa shape index (κ3) is 3.22. The molecule has 24 heavy (non-hydrogen) atoms. The van der Waals surface area contributed by atoms with E-state index < -0.39 is 43.8 Å². The summed E-state index contributed by atoms with van der Waals surface area (Å²) in [5.41, 5.74) is 4.68. The van der Waals surface area contributed by atoms with Crippen LogP contribution in [0.1, 0.15) is 11.8 Å². The smallest absolute Gasteiger partial charge is 0.351 e. The van der Waals surface area contributed by atoms with Crippen molar-refractivity contribution in [1.82, 2.24) is 9.55 Å². The normalized spacial score (nSPS) is 26.7. The van der Waals surface area contributed by atoms with Gasteiger partial charge in [-0.2, -0.15) is 13.8 Å². The van der Waals surface area contributed by atoms with E-state index >= 15 is 0 Å². The zero-order valence-corrected chi connectivity index (χ0v) is 14.1. The summed E-state index contributed by atoms with van der Waals surface area (Å²) in [5.74, 6) is -3.93. The third-order valence-corrected chi connectivity index (χ3v) is 5.69. The summed E-state index contributed by atoms with van der Waals surface area (Å²) in [4.78, 5) is 15.3. The predicted molar refractivity (Wildman–Crippen MR) is 79.0 cm³/mol. The number of aromatic nitrogens is 2. The average Bonchev–Trinajstić information content (AvgIpc) is 2.74. The molecular weight excluding hydrogens is 351 g/mol. The summed E-state index contributed by atoms with van der Waals surface area (Å²) in [7, 11) is -1.55. The molecule has 136 valence electrons. The number of hydrogen-bond donors (Lipinski definition) is 2. The standard InChI is InChI=1S/C12H18F2N3O6P/c1-6-4-17(11(19)16-9(6)15)10-12(13,14)8(18)7(23-10)5-24(20,21-2)22-3/h4,7-8,10,18H,5H2,1-3H3,(H2,15,16,19)/t7-,8-,10-/m1/s1. The summed E-state index contributed by atoms with van der Waals surface area (Å²) in [6.07, 6.45) is -5.56. The molecule has 0 saturated carbocycles. The van der Waals surface area contributed by atoms with Crippen LogP contribution in [0.25, 0.3) is 0 Å². The Bertz CT molecular complexity index is 719. The van der Waals surface area contributed by atoms with Gasteiger partial charge in [0.15, 0.2) is 0 Å². The molecular formula is C12H18F2N3O6P. The quantitative estimate of drug-likeness (QED) is 0.719. The molecule has 1 fully saturated rings. The Morgan fingerprint density at radius 1 is 1.50 bits per heavy atom. The predicted octanol–water partition coefficient (Wildman–Crippen LogP) is 0.513. The fraction of sp³-hybridized carbons (Fsp3) is 0.667. The Kier molecular flexibility index (Phi) is 5.12. The Labute approximate surface area is 135 Å². The van der Waals surface area contributed by atoms with E-state index in [-0.39, 0.29) is 11.4 Å². The van der Waals surface area contributed by atoms with Gasteiger partial charge in [-0.3, -0.25) is 9.13 Å². The van der Waals surface area contributed by atoms with Crippen molar-refractivity contribution >= 4 is 13.4 Å². The maximum absolute atomic E-state index is 14.4. The minimum atomic E-state index is -3.83. The van der Waals surface area contributed by atoms with Crippen LogP contribution in [0.3, 0.4) is 0 Å². The van der Waals surface area contributed by atoms with Crippen LogP contribution >= 0.6 is 7.60 Å². The fourth-order valence-electron chi connectivity index (χ4n) is 2.31. The zero-order valence-electron chi connectivity index (χ0n) is 13.2. The molecule has 2 rings (SSSR count). The van der Waals surface area contributed by atoms with Crippen LogP contribution in [0.4, 0.5) is 14.6 Å². The number of halogens is 2. The van der Waals surface area contributed by atoms with Crippen molar-refractivity contribution in [3.05, 3.63) is 22.2 Å². The van der Waals surface area contributed by atoms with Crippen molar-refractivity contribution in [3.8, 4) is 0 Å². The molecule has 0 unspecified atom stereocenters. The van der Waals surface area contributed by atoms with E-state index in [1.54, 1.807) is 0 Å². The van der Waals surface area contributed by atoms with Gasteiger partial charge in [-0.1, -0.05) is 0 Å². The molecule has 0 spiro atoms. The molecule has 3 N–H and O–H groups in total. The van der Waals surface area contributed by atoms with E-state index in [2.05, 4.69) is 14.0 Å². The fourth-order valence-corrected chi connectivity index (χ4v) is 3.48. The first kappa shape index (κ1) is 18.9. The first-order chi connectivity index (χ1) is 11.1. The number of alkyl halides is 2. The molecule has 1 aromatic heterocycles.